The number of imidazole rings is 1. The van der Waals surface area contributed by atoms with Crippen LogP contribution in [-0.2, 0) is 27.2 Å². The number of carbonyl (C=O) groups excluding carboxylic acids is 2. The molecule has 0 saturated heterocycles. The lowest BCUT2D eigenvalue weighted by Gasteiger charge is -2.23. The van der Waals surface area contributed by atoms with E-state index >= 15 is 0 Å². The molecular weight excluding hydrogens is 513 g/mol. The van der Waals surface area contributed by atoms with Gasteiger partial charge in [-0.2, -0.15) is 11.8 Å². The second kappa shape index (κ2) is 15.5. The number of anilines is 1. The van der Waals surface area contributed by atoms with Crippen LogP contribution < -0.4 is 15.5 Å². The largest absolute Gasteiger partial charge is 0.480 e. The number of aromatic nitrogens is 2. The number of hydrogen-bond donors (Lipinski definition) is 4. The first-order chi connectivity index (χ1) is 16.9. The average Bonchev–Trinajstić information content (AvgIpc) is 3.34. The highest BCUT2D eigenvalue weighted by molar-refractivity contribution is 7.98. The van der Waals surface area contributed by atoms with Crippen LogP contribution in [0.4, 0.5) is 5.69 Å². The maximum Gasteiger partial charge on any atom is 0.326 e. The molecule has 35 heavy (non-hydrogen) atoms. The van der Waals surface area contributed by atoms with Crippen LogP contribution in [0.15, 0.2) is 36.8 Å². The zero-order chi connectivity index (χ0) is 25.6. The molecule has 0 aliphatic rings. The number of carboxylic acids is 1. The van der Waals surface area contributed by atoms with Crippen LogP contribution >= 0.6 is 35.0 Å². The number of nitrogens with zero attached hydrogens (tertiary/aromatic N) is 2. The number of H-pyrrole nitrogens is 1. The van der Waals surface area contributed by atoms with E-state index < -0.39 is 24.0 Å². The van der Waals surface area contributed by atoms with Gasteiger partial charge >= 0.3 is 5.97 Å². The molecular formula is C23H31Cl2N5O4S. The number of carbonyl (C=O) groups is 3. The van der Waals surface area contributed by atoms with Gasteiger partial charge in [0.2, 0.25) is 11.8 Å². The Hall–Kier alpha value is -2.43. The summed E-state index contributed by atoms with van der Waals surface area (Å²) in [5.41, 5.74) is 2.37. The standard InChI is InChI=1S/C23H31Cl2N5O4S/c1-35-11-6-19(23(33)34)29-22(32)20(13-17-14-26-15-27-17)28-21(31)12-16-2-4-18(5-3-16)30(9-7-24)10-8-25/h2-5,14-15,19-20H,6-13H2,1H3,(H,26,27)(H,28,31)(H,29,32)(H,33,34)/t19-,20-/m0/s1. The van der Waals surface area contributed by atoms with Crippen molar-refractivity contribution < 1.29 is 19.5 Å². The van der Waals surface area contributed by atoms with E-state index in [2.05, 4.69) is 25.5 Å². The minimum Gasteiger partial charge on any atom is -0.480 e. The summed E-state index contributed by atoms with van der Waals surface area (Å²) in [5.74, 6) is -0.502. The number of rotatable bonds is 16. The molecule has 0 aliphatic heterocycles. The summed E-state index contributed by atoms with van der Waals surface area (Å²) in [6.07, 6.45) is 5.39. The Morgan fingerprint density at radius 1 is 1.11 bits per heavy atom. The Bertz CT molecular complexity index is 925. The summed E-state index contributed by atoms with van der Waals surface area (Å²) < 4.78 is 0. The summed E-state index contributed by atoms with van der Waals surface area (Å²) in [6, 6.07) is 5.50. The number of hydrogen-bond acceptors (Lipinski definition) is 6. The second-order valence-corrected chi connectivity index (χ2v) is 9.53. The van der Waals surface area contributed by atoms with E-state index in [0.717, 1.165) is 11.3 Å². The number of benzene rings is 1. The zero-order valence-corrected chi connectivity index (χ0v) is 21.8. The fourth-order valence-electron chi connectivity index (χ4n) is 3.42. The van der Waals surface area contributed by atoms with E-state index in [1.165, 1.54) is 18.1 Å². The number of nitrogens with one attached hydrogen (secondary N) is 3. The predicted molar refractivity (Wildman–Crippen MR) is 141 cm³/mol. The molecule has 192 valence electrons. The minimum absolute atomic E-state index is 0.0624. The molecule has 0 spiro atoms. The summed E-state index contributed by atoms with van der Waals surface area (Å²) >= 11 is 13.2. The minimum atomic E-state index is -1.11. The van der Waals surface area contributed by atoms with Crippen LogP contribution in [0.5, 0.6) is 0 Å². The fourth-order valence-corrected chi connectivity index (χ4v) is 4.30. The van der Waals surface area contributed by atoms with Crippen molar-refractivity contribution in [1.82, 2.24) is 20.6 Å². The van der Waals surface area contributed by atoms with Gasteiger partial charge in [-0.15, -0.1) is 23.2 Å². The topological polar surface area (TPSA) is 127 Å². The van der Waals surface area contributed by atoms with Gasteiger partial charge in [0.05, 0.1) is 12.7 Å². The third kappa shape index (κ3) is 9.99. The molecule has 1 aromatic carbocycles. The van der Waals surface area contributed by atoms with Crippen LogP contribution in [-0.4, -0.2) is 81.8 Å². The highest BCUT2D eigenvalue weighted by atomic mass is 35.5. The lowest BCUT2D eigenvalue weighted by molar-refractivity contribution is -0.142. The lowest BCUT2D eigenvalue weighted by Crippen LogP contribution is -2.53. The third-order valence-corrected chi connectivity index (χ3v) is 6.21. The normalized spacial score (nSPS) is 12.5. The van der Waals surface area contributed by atoms with Gasteiger partial charge in [0.15, 0.2) is 0 Å². The number of alkyl halides is 2. The SMILES string of the molecule is CSCC[C@H](NC(=O)[C@H](Cc1cnc[nH]1)NC(=O)Cc1ccc(N(CCCl)CCCl)cc1)C(=O)O. The van der Waals surface area contributed by atoms with Crippen molar-refractivity contribution in [3.8, 4) is 0 Å². The summed E-state index contributed by atoms with van der Waals surface area (Å²) in [5, 5.41) is 14.7. The zero-order valence-electron chi connectivity index (χ0n) is 19.5. The van der Waals surface area contributed by atoms with Gasteiger partial charge in [0.25, 0.3) is 0 Å². The van der Waals surface area contributed by atoms with E-state index in [1.807, 2.05) is 30.5 Å². The molecule has 0 fully saturated rings. The van der Waals surface area contributed by atoms with E-state index in [4.69, 9.17) is 23.2 Å². The molecule has 12 heteroatoms. The molecule has 4 N–H and O–H groups in total. The molecule has 9 nitrogen and oxygen atoms in total. The van der Waals surface area contributed by atoms with Gasteiger partial charge < -0.3 is 25.6 Å². The molecule has 1 aromatic heterocycles. The Morgan fingerprint density at radius 2 is 1.80 bits per heavy atom. The van der Waals surface area contributed by atoms with Gasteiger partial charge in [-0.3, -0.25) is 9.59 Å². The highest BCUT2D eigenvalue weighted by Gasteiger charge is 2.27. The van der Waals surface area contributed by atoms with E-state index in [0.29, 0.717) is 36.3 Å². The lowest BCUT2D eigenvalue weighted by atomic mass is 10.1. The molecule has 0 radical (unpaired) electrons. The Labute approximate surface area is 219 Å². The maximum absolute atomic E-state index is 12.9. The highest BCUT2D eigenvalue weighted by Crippen LogP contribution is 2.16. The van der Waals surface area contributed by atoms with Crippen molar-refractivity contribution in [3.63, 3.8) is 0 Å². The van der Waals surface area contributed by atoms with Crippen LogP contribution in [0.1, 0.15) is 17.7 Å². The molecule has 2 amide bonds. The van der Waals surface area contributed by atoms with Crippen LogP contribution in [0.2, 0.25) is 0 Å². The van der Waals surface area contributed by atoms with Crippen molar-refractivity contribution in [2.45, 2.75) is 31.3 Å². The molecule has 0 unspecified atom stereocenters. The summed E-state index contributed by atoms with van der Waals surface area (Å²) in [6.45, 7) is 1.32. The number of amides is 2. The van der Waals surface area contributed by atoms with Gasteiger partial charge in [-0.05, 0) is 36.1 Å². The van der Waals surface area contributed by atoms with E-state index in [9.17, 15) is 19.5 Å². The smallest absolute Gasteiger partial charge is 0.326 e. The monoisotopic (exact) mass is 543 g/mol. The van der Waals surface area contributed by atoms with Crippen molar-refractivity contribution in [3.05, 3.63) is 48.0 Å². The van der Waals surface area contributed by atoms with Crippen LogP contribution in [0.25, 0.3) is 0 Å². The van der Waals surface area contributed by atoms with E-state index in [1.54, 1.807) is 6.20 Å². The first-order valence-electron chi connectivity index (χ1n) is 11.1. The van der Waals surface area contributed by atoms with Crippen LogP contribution in [0, 0.1) is 0 Å². The molecule has 2 atom stereocenters. The number of aliphatic carboxylic acids is 1. The first-order valence-corrected chi connectivity index (χ1v) is 13.6. The van der Waals surface area contributed by atoms with E-state index in [-0.39, 0.29) is 25.2 Å². The average molecular weight is 545 g/mol. The Balaban J connectivity index is 2.06. The molecule has 0 bridgehead atoms. The van der Waals surface area contributed by atoms with Crippen LogP contribution in [0.3, 0.4) is 0 Å². The quantitative estimate of drug-likeness (QED) is 0.239. The van der Waals surface area contributed by atoms with Gasteiger partial charge in [-0.1, -0.05) is 12.1 Å². The third-order valence-electron chi connectivity index (χ3n) is 5.23. The number of thioether (sulfide) groups is 1. The molecule has 1 heterocycles. The molecule has 2 aromatic rings. The number of halogens is 2. The molecule has 2 rings (SSSR count). The summed E-state index contributed by atoms with van der Waals surface area (Å²) in [4.78, 5) is 46.2. The van der Waals surface area contributed by atoms with Crippen molar-refractivity contribution >= 4 is 58.4 Å². The van der Waals surface area contributed by atoms with Gasteiger partial charge in [-0.25, -0.2) is 9.78 Å². The Kier molecular flexibility index (Phi) is 12.8. The number of carboxylic acid groups (broad SMARTS) is 1. The van der Waals surface area contributed by atoms with Gasteiger partial charge in [0, 0.05) is 48.8 Å². The predicted octanol–water partition coefficient (Wildman–Crippen LogP) is 2.29. The summed E-state index contributed by atoms with van der Waals surface area (Å²) in [7, 11) is 0. The molecule has 0 aliphatic carbocycles. The van der Waals surface area contributed by atoms with Crippen molar-refractivity contribution in [1.29, 1.82) is 0 Å². The Morgan fingerprint density at radius 3 is 2.34 bits per heavy atom. The van der Waals surface area contributed by atoms with Crippen molar-refractivity contribution in [2.75, 3.05) is 41.8 Å². The first kappa shape index (κ1) is 28.8. The number of aromatic amines is 1. The van der Waals surface area contributed by atoms with Gasteiger partial charge in [0.1, 0.15) is 12.1 Å². The molecule has 0 saturated carbocycles. The maximum atomic E-state index is 12.9. The van der Waals surface area contributed by atoms with Crippen molar-refractivity contribution in [2.24, 2.45) is 0 Å². The fraction of sp³-hybridized carbons (Fsp3) is 0.478. The second-order valence-electron chi connectivity index (χ2n) is 7.79.